The quantitative estimate of drug-likeness (QED) is 0.566. The van der Waals surface area contributed by atoms with Crippen LogP contribution >= 0.6 is 0 Å². The monoisotopic (exact) mass is 384 g/mol. The summed E-state index contributed by atoms with van der Waals surface area (Å²) in [5.74, 6) is 0.167. The van der Waals surface area contributed by atoms with Crippen molar-refractivity contribution in [1.82, 2.24) is 28.5 Å². The number of aromatic nitrogens is 6. The van der Waals surface area contributed by atoms with Gasteiger partial charge in [0.2, 0.25) is 5.95 Å². The van der Waals surface area contributed by atoms with Gasteiger partial charge in [-0.2, -0.15) is 10.1 Å². The highest BCUT2D eigenvalue weighted by atomic mass is 16.2. The SMILES string of the molecule is C=CCn1c(-n2nc(CC)cc2CC)nc2c1c(=O)n(CC(C)=O)c(=O)n2C. The summed E-state index contributed by atoms with van der Waals surface area (Å²) in [4.78, 5) is 41.8. The second-order valence-corrected chi connectivity index (χ2v) is 6.66. The van der Waals surface area contributed by atoms with E-state index in [9.17, 15) is 14.4 Å². The van der Waals surface area contributed by atoms with Crippen molar-refractivity contribution in [2.24, 2.45) is 7.05 Å². The van der Waals surface area contributed by atoms with Crippen LogP contribution in [0.1, 0.15) is 32.2 Å². The minimum Gasteiger partial charge on any atom is -0.299 e. The summed E-state index contributed by atoms with van der Waals surface area (Å²) in [5, 5.41) is 4.61. The predicted molar refractivity (Wildman–Crippen MR) is 106 cm³/mol. The second kappa shape index (κ2) is 7.41. The van der Waals surface area contributed by atoms with Crippen LogP contribution in [0.15, 0.2) is 28.3 Å². The maximum absolute atomic E-state index is 13.1. The van der Waals surface area contributed by atoms with Crippen molar-refractivity contribution in [3.8, 4) is 5.95 Å². The first-order valence-electron chi connectivity index (χ1n) is 9.22. The lowest BCUT2D eigenvalue weighted by molar-refractivity contribution is -0.117. The number of hydrogen-bond donors (Lipinski definition) is 0. The molecule has 0 aliphatic carbocycles. The van der Waals surface area contributed by atoms with Crippen molar-refractivity contribution >= 4 is 16.9 Å². The topological polar surface area (TPSA) is 96.7 Å². The number of nitrogens with zero attached hydrogens (tertiary/aromatic N) is 6. The summed E-state index contributed by atoms with van der Waals surface area (Å²) in [7, 11) is 1.54. The van der Waals surface area contributed by atoms with Crippen molar-refractivity contribution in [3.05, 3.63) is 50.9 Å². The normalized spacial score (nSPS) is 11.3. The molecule has 0 fully saturated rings. The molecule has 0 unspecified atom stereocenters. The zero-order chi connectivity index (χ0) is 20.6. The summed E-state index contributed by atoms with van der Waals surface area (Å²) < 4.78 is 5.63. The predicted octanol–water partition coefficient (Wildman–Crippen LogP) is 0.982. The number of aryl methyl sites for hydroxylation is 3. The van der Waals surface area contributed by atoms with Gasteiger partial charge in [-0.15, -0.1) is 6.58 Å². The van der Waals surface area contributed by atoms with Crippen LogP contribution in [0.3, 0.4) is 0 Å². The molecule has 9 nitrogen and oxygen atoms in total. The van der Waals surface area contributed by atoms with Gasteiger partial charge in [0.1, 0.15) is 5.78 Å². The summed E-state index contributed by atoms with van der Waals surface area (Å²) >= 11 is 0. The number of Topliss-reactive ketones (excluding diaryl/α,β-unsaturated/α-hetero) is 1. The van der Waals surface area contributed by atoms with Gasteiger partial charge in [-0.1, -0.05) is 19.9 Å². The Balaban J connectivity index is 2.44. The van der Waals surface area contributed by atoms with Crippen LogP contribution in [-0.4, -0.2) is 34.2 Å². The first kappa shape index (κ1) is 19.5. The molecule has 3 rings (SSSR count). The zero-order valence-corrected chi connectivity index (χ0v) is 16.6. The Kier molecular flexibility index (Phi) is 5.17. The number of allylic oxidation sites excluding steroid dienone is 1. The van der Waals surface area contributed by atoms with E-state index < -0.39 is 11.2 Å². The smallest absolute Gasteiger partial charge is 0.299 e. The molecule has 0 spiro atoms. The second-order valence-electron chi connectivity index (χ2n) is 6.66. The number of fused-ring (bicyclic) bond motifs is 1. The fraction of sp³-hybridized carbons (Fsp3) is 0.421. The third-order valence-corrected chi connectivity index (χ3v) is 4.65. The molecule has 0 saturated heterocycles. The van der Waals surface area contributed by atoms with Gasteiger partial charge in [0.05, 0.1) is 12.2 Å². The number of ketones is 1. The maximum Gasteiger partial charge on any atom is 0.332 e. The number of hydrogen-bond acceptors (Lipinski definition) is 5. The number of rotatable bonds is 7. The largest absolute Gasteiger partial charge is 0.332 e. The molecule has 0 aromatic carbocycles. The molecule has 0 aliphatic heterocycles. The third kappa shape index (κ3) is 3.02. The molecule has 3 aromatic heterocycles. The molecular formula is C19H24N6O3. The molecule has 0 radical (unpaired) electrons. The van der Waals surface area contributed by atoms with Crippen LogP contribution < -0.4 is 11.2 Å². The van der Waals surface area contributed by atoms with E-state index in [-0.39, 0.29) is 23.5 Å². The van der Waals surface area contributed by atoms with E-state index in [1.165, 1.54) is 18.5 Å². The lowest BCUT2D eigenvalue weighted by atomic mass is 10.3. The van der Waals surface area contributed by atoms with Crippen LogP contribution in [-0.2, 0) is 37.8 Å². The van der Waals surface area contributed by atoms with E-state index >= 15 is 0 Å². The first-order valence-corrected chi connectivity index (χ1v) is 9.22. The minimum absolute atomic E-state index is 0.244. The standard InChI is InChI=1S/C19H24N6O3/c1-6-9-23-15-16(22(5)19(28)24(17(15)27)11-12(4)26)20-18(23)25-14(8-3)10-13(7-2)21-25/h6,10H,1,7-9,11H2,2-5H3. The first-order chi connectivity index (χ1) is 13.3. The van der Waals surface area contributed by atoms with Crippen LogP contribution in [0.5, 0.6) is 0 Å². The van der Waals surface area contributed by atoms with E-state index in [4.69, 9.17) is 0 Å². The van der Waals surface area contributed by atoms with E-state index in [2.05, 4.69) is 16.7 Å². The summed E-state index contributed by atoms with van der Waals surface area (Å²) in [6, 6.07) is 2.00. The summed E-state index contributed by atoms with van der Waals surface area (Å²) in [6.07, 6.45) is 3.16. The molecule has 9 heteroatoms. The van der Waals surface area contributed by atoms with Gasteiger partial charge in [-0.25, -0.2) is 9.48 Å². The molecule has 3 aromatic rings. The van der Waals surface area contributed by atoms with Gasteiger partial charge >= 0.3 is 5.69 Å². The fourth-order valence-electron chi connectivity index (χ4n) is 3.26. The molecule has 0 amide bonds. The highest BCUT2D eigenvalue weighted by molar-refractivity contribution is 5.76. The Hall–Kier alpha value is -3.23. The van der Waals surface area contributed by atoms with Crippen molar-refractivity contribution in [3.63, 3.8) is 0 Å². The van der Waals surface area contributed by atoms with Crippen LogP contribution in [0, 0.1) is 0 Å². The average Bonchev–Trinajstić information content (AvgIpc) is 3.25. The lowest BCUT2D eigenvalue weighted by Gasteiger charge is -2.09. The number of imidazole rings is 1. The molecule has 28 heavy (non-hydrogen) atoms. The molecule has 0 bridgehead atoms. The van der Waals surface area contributed by atoms with Gasteiger partial charge in [0.15, 0.2) is 11.2 Å². The Bertz CT molecular complexity index is 1190. The minimum atomic E-state index is -0.576. The Morgan fingerprint density at radius 1 is 1.21 bits per heavy atom. The third-order valence-electron chi connectivity index (χ3n) is 4.65. The Morgan fingerprint density at radius 2 is 1.93 bits per heavy atom. The van der Waals surface area contributed by atoms with Crippen LogP contribution in [0.25, 0.3) is 17.1 Å². The van der Waals surface area contributed by atoms with Gasteiger partial charge in [-0.05, 0) is 25.8 Å². The van der Waals surface area contributed by atoms with Crippen molar-refractivity contribution < 1.29 is 4.79 Å². The molecule has 3 heterocycles. The molecular weight excluding hydrogens is 360 g/mol. The van der Waals surface area contributed by atoms with Gasteiger partial charge < -0.3 is 0 Å². The highest BCUT2D eigenvalue weighted by Gasteiger charge is 2.22. The molecule has 0 N–H and O–H groups in total. The number of carbonyl (C=O) groups excluding carboxylic acids is 1. The van der Waals surface area contributed by atoms with Gasteiger partial charge in [-0.3, -0.25) is 23.3 Å². The maximum atomic E-state index is 13.1. The average molecular weight is 384 g/mol. The molecule has 0 atom stereocenters. The summed E-state index contributed by atoms with van der Waals surface area (Å²) in [5.41, 5.74) is 1.24. The lowest BCUT2D eigenvalue weighted by Crippen LogP contribution is -2.41. The number of carbonyl (C=O) groups is 1. The summed E-state index contributed by atoms with van der Waals surface area (Å²) in [6.45, 7) is 9.17. The van der Waals surface area contributed by atoms with Crippen LogP contribution in [0.2, 0.25) is 0 Å². The van der Waals surface area contributed by atoms with Crippen molar-refractivity contribution in [2.45, 2.75) is 46.7 Å². The fourth-order valence-corrected chi connectivity index (χ4v) is 3.26. The van der Waals surface area contributed by atoms with E-state index in [0.717, 1.165) is 28.8 Å². The molecule has 0 saturated carbocycles. The Labute approximate surface area is 161 Å². The van der Waals surface area contributed by atoms with Gasteiger partial charge in [0.25, 0.3) is 5.56 Å². The van der Waals surface area contributed by atoms with Crippen molar-refractivity contribution in [1.29, 1.82) is 0 Å². The zero-order valence-electron chi connectivity index (χ0n) is 16.6. The van der Waals surface area contributed by atoms with E-state index in [0.29, 0.717) is 12.5 Å². The van der Waals surface area contributed by atoms with E-state index in [1.807, 2.05) is 19.9 Å². The van der Waals surface area contributed by atoms with Crippen molar-refractivity contribution in [2.75, 3.05) is 0 Å². The van der Waals surface area contributed by atoms with Crippen LogP contribution in [0.4, 0.5) is 0 Å². The van der Waals surface area contributed by atoms with Gasteiger partial charge in [0, 0.05) is 19.3 Å². The highest BCUT2D eigenvalue weighted by Crippen LogP contribution is 2.18. The molecule has 0 aliphatic rings. The molecule has 148 valence electrons. The van der Waals surface area contributed by atoms with E-state index in [1.54, 1.807) is 15.3 Å². The Morgan fingerprint density at radius 3 is 2.50 bits per heavy atom.